The number of rotatable bonds is 3. The fourth-order valence-electron chi connectivity index (χ4n) is 4.10. The van der Waals surface area contributed by atoms with Crippen LogP contribution < -0.4 is 5.56 Å². The fourth-order valence-corrected chi connectivity index (χ4v) is 4.84. The van der Waals surface area contributed by atoms with E-state index in [0.717, 1.165) is 35.7 Å². The summed E-state index contributed by atoms with van der Waals surface area (Å²) in [6, 6.07) is 2.43. The lowest BCUT2D eigenvalue weighted by Gasteiger charge is -2.29. The van der Waals surface area contributed by atoms with E-state index in [1.807, 2.05) is 5.38 Å². The summed E-state index contributed by atoms with van der Waals surface area (Å²) in [6.45, 7) is 2.00. The Morgan fingerprint density at radius 1 is 1.24 bits per heavy atom. The van der Waals surface area contributed by atoms with E-state index in [-0.39, 0.29) is 5.56 Å². The summed E-state index contributed by atoms with van der Waals surface area (Å²) in [7, 11) is 0. The molecule has 5 heteroatoms. The van der Waals surface area contributed by atoms with Crippen molar-refractivity contribution in [3.63, 3.8) is 0 Å². The van der Waals surface area contributed by atoms with E-state index in [1.165, 1.54) is 49.9 Å². The lowest BCUT2D eigenvalue weighted by Crippen LogP contribution is -2.34. The van der Waals surface area contributed by atoms with Gasteiger partial charge < -0.3 is 0 Å². The molecule has 3 heterocycles. The molecule has 4 nitrogen and oxygen atoms in total. The second-order valence-corrected chi connectivity index (χ2v) is 7.24. The zero-order valence-electron chi connectivity index (χ0n) is 12.2. The van der Waals surface area contributed by atoms with Gasteiger partial charge in [-0.1, -0.05) is 12.8 Å². The Hall–Kier alpha value is -1.20. The first-order chi connectivity index (χ1) is 10.3. The van der Waals surface area contributed by atoms with Crippen molar-refractivity contribution in [2.24, 2.45) is 5.92 Å². The standard InChI is InChI=1S/C16H21N3OS/c20-15-10-13(17-16-19(15)8-9-21-16)11-18-7-3-6-14(18)12-4-1-2-5-12/h8-10,12,14H,1-7,11H2/t14-/m1/s1. The van der Waals surface area contributed by atoms with Crippen molar-refractivity contribution in [1.29, 1.82) is 0 Å². The van der Waals surface area contributed by atoms with Gasteiger partial charge in [-0.25, -0.2) is 4.98 Å². The van der Waals surface area contributed by atoms with Crippen LogP contribution in [0.2, 0.25) is 0 Å². The molecule has 1 atom stereocenters. The minimum absolute atomic E-state index is 0.0489. The van der Waals surface area contributed by atoms with Crippen molar-refractivity contribution in [3.8, 4) is 0 Å². The topological polar surface area (TPSA) is 37.6 Å². The van der Waals surface area contributed by atoms with Crippen molar-refractivity contribution in [2.45, 2.75) is 51.1 Å². The van der Waals surface area contributed by atoms with E-state index in [4.69, 9.17) is 0 Å². The Kier molecular flexibility index (Phi) is 3.55. The first kappa shape index (κ1) is 13.5. The molecule has 0 spiro atoms. The van der Waals surface area contributed by atoms with Gasteiger partial charge in [-0.3, -0.25) is 14.1 Å². The first-order valence-corrected chi connectivity index (χ1v) is 8.89. The lowest BCUT2D eigenvalue weighted by molar-refractivity contribution is 0.181. The van der Waals surface area contributed by atoms with Crippen LogP contribution in [0.25, 0.3) is 4.96 Å². The highest BCUT2D eigenvalue weighted by molar-refractivity contribution is 7.15. The summed E-state index contributed by atoms with van der Waals surface area (Å²) >= 11 is 1.53. The zero-order valence-corrected chi connectivity index (χ0v) is 13.0. The molecule has 0 N–H and O–H groups in total. The Bertz CT molecular complexity index is 686. The van der Waals surface area contributed by atoms with Crippen LogP contribution >= 0.6 is 11.3 Å². The van der Waals surface area contributed by atoms with E-state index >= 15 is 0 Å². The van der Waals surface area contributed by atoms with E-state index in [2.05, 4.69) is 9.88 Å². The normalized spacial score (nSPS) is 24.3. The van der Waals surface area contributed by atoms with Crippen LogP contribution in [0, 0.1) is 5.92 Å². The van der Waals surface area contributed by atoms with Crippen molar-refractivity contribution in [1.82, 2.24) is 14.3 Å². The molecule has 2 fully saturated rings. The molecule has 0 aromatic carbocycles. The van der Waals surface area contributed by atoms with Gasteiger partial charge in [-0.05, 0) is 38.1 Å². The van der Waals surface area contributed by atoms with Gasteiger partial charge in [-0.2, -0.15) is 0 Å². The first-order valence-electron chi connectivity index (χ1n) is 8.01. The minimum Gasteiger partial charge on any atom is -0.294 e. The summed E-state index contributed by atoms with van der Waals surface area (Å²) in [6.07, 6.45) is 10.00. The Labute approximate surface area is 128 Å². The van der Waals surface area contributed by atoms with Crippen LogP contribution in [0.4, 0.5) is 0 Å². The van der Waals surface area contributed by atoms with Crippen molar-refractivity contribution < 1.29 is 0 Å². The summed E-state index contributed by atoms with van der Waals surface area (Å²) in [5.41, 5.74) is 0.986. The highest BCUT2D eigenvalue weighted by Gasteiger charge is 2.33. The Balaban J connectivity index is 1.57. The summed E-state index contributed by atoms with van der Waals surface area (Å²) in [4.78, 5) is 20.1. The molecule has 21 heavy (non-hydrogen) atoms. The predicted octanol–water partition coefficient (Wildman–Crippen LogP) is 2.91. The number of thiazole rings is 1. The maximum absolute atomic E-state index is 12.1. The molecule has 1 saturated carbocycles. The van der Waals surface area contributed by atoms with E-state index < -0.39 is 0 Å². The van der Waals surface area contributed by atoms with Gasteiger partial charge in [0.1, 0.15) is 0 Å². The summed E-state index contributed by atoms with van der Waals surface area (Å²) in [5, 5.41) is 1.92. The molecule has 1 aliphatic heterocycles. The smallest absolute Gasteiger partial charge is 0.258 e. The lowest BCUT2D eigenvalue weighted by atomic mass is 9.96. The van der Waals surface area contributed by atoms with E-state index in [0.29, 0.717) is 0 Å². The third-order valence-corrected chi connectivity index (χ3v) is 5.84. The van der Waals surface area contributed by atoms with E-state index in [9.17, 15) is 4.79 Å². The number of fused-ring (bicyclic) bond motifs is 1. The molecule has 0 bridgehead atoms. The van der Waals surface area contributed by atoms with Gasteiger partial charge in [0, 0.05) is 30.2 Å². The largest absolute Gasteiger partial charge is 0.294 e. The molecule has 0 unspecified atom stereocenters. The summed E-state index contributed by atoms with van der Waals surface area (Å²) < 4.78 is 1.63. The van der Waals surface area contributed by atoms with Gasteiger partial charge in [0.2, 0.25) is 0 Å². The van der Waals surface area contributed by atoms with Crippen LogP contribution in [0.5, 0.6) is 0 Å². The second kappa shape index (κ2) is 5.54. The van der Waals surface area contributed by atoms with Gasteiger partial charge in [0.05, 0.1) is 5.69 Å². The van der Waals surface area contributed by atoms with Crippen LogP contribution in [0.15, 0.2) is 22.4 Å². The predicted molar refractivity (Wildman–Crippen MR) is 84.7 cm³/mol. The van der Waals surface area contributed by atoms with Gasteiger partial charge in [-0.15, -0.1) is 11.3 Å². The Morgan fingerprint density at radius 2 is 2.10 bits per heavy atom. The van der Waals surface area contributed by atoms with Gasteiger partial charge >= 0.3 is 0 Å². The number of hydrogen-bond donors (Lipinski definition) is 0. The Morgan fingerprint density at radius 3 is 2.95 bits per heavy atom. The fraction of sp³-hybridized carbons (Fsp3) is 0.625. The van der Waals surface area contributed by atoms with Crippen molar-refractivity contribution >= 4 is 16.3 Å². The molecular formula is C16H21N3OS. The molecule has 0 radical (unpaired) electrons. The highest BCUT2D eigenvalue weighted by Crippen LogP contribution is 2.35. The molecule has 2 aromatic rings. The number of hydrogen-bond acceptors (Lipinski definition) is 4. The van der Waals surface area contributed by atoms with Gasteiger partial charge in [0.25, 0.3) is 5.56 Å². The molecule has 112 valence electrons. The number of likely N-dealkylation sites (tertiary alicyclic amines) is 1. The molecular weight excluding hydrogens is 282 g/mol. The van der Waals surface area contributed by atoms with Crippen molar-refractivity contribution in [2.75, 3.05) is 6.54 Å². The molecule has 2 aromatic heterocycles. The van der Waals surface area contributed by atoms with Crippen LogP contribution in [-0.4, -0.2) is 26.9 Å². The molecule has 1 saturated heterocycles. The minimum atomic E-state index is 0.0489. The van der Waals surface area contributed by atoms with Crippen molar-refractivity contribution in [3.05, 3.63) is 33.7 Å². The third kappa shape index (κ3) is 2.53. The van der Waals surface area contributed by atoms with E-state index in [1.54, 1.807) is 16.7 Å². The second-order valence-electron chi connectivity index (χ2n) is 6.37. The molecule has 4 rings (SSSR count). The molecule has 2 aliphatic rings. The quantitative estimate of drug-likeness (QED) is 0.875. The third-order valence-electron chi connectivity index (χ3n) is 5.08. The molecule has 0 amide bonds. The van der Waals surface area contributed by atoms with Crippen LogP contribution in [-0.2, 0) is 6.54 Å². The SMILES string of the molecule is O=c1cc(CN2CCC[C@@H]2C2CCCC2)nc2sccn12. The molecule has 1 aliphatic carbocycles. The van der Waals surface area contributed by atoms with Crippen LogP contribution in [0.1, 0.15) is 44.2 Å². The summed E-state index contributed by atoms with van der Waals surface area (Å²) in [5.74, 6) is 0.874. The maximum atomic E-state index is 12.1. The maximum Gasteiger partial charge on any atom is 0.258 e. The zero-order chi connectivity index (χ0) is 14.2. The monoisotopic (exact) mass is 303 g/mol. The number of nitrogens with zero attached hydrogens (tertiary/aromatic N) is 3. The van der Waals surface area contributed by atoms with Gasteiger partial charge in [0.15, 0.2) is 4.96 Å². The average Bonchev–Trinajstić information content (AvgIpc) is 3.19. The average molecular weight is 303 g/mol. The highest BCUT2D eigenvalue weighted by atomic mass is 32.1. The number of aromatic nitrogens is 2. The van der Waals surface area contributed by atoms with Crippen LogP contribution in [0.3, 0.4) is 0 Å².